The van der Waals surface area contributed by atoms with Crippen molar-refractivity contribution in [1.29, 1.82) is 0 Å². The van der Waals surface area contributed by atoms with Crippen LogP contribution in [-0.2, 0) is 0 Å². The minimum atomic E-state index is -0.608. The molecule has 1 saturated heterocycles. The van der Waals surface area contributed by atoms with Gasteiger partial charge in [-0.2, -0.15) is 0 Å². The highest BCUT2D eigenvalue weighted by molar-refractivity contribution is 5.74. The van der Waals surface area contributed by atoms with E-state index in [9.17, 15) is 13.6 Å². The SMILES string of the molecule is O=C(NCCO)N[C@H]1CCN(c2ccc(F)cc2F)C1. The number of aliphatic hydroxyl groups excluding tert-OH is 1. The lowest BCUT2D eigenvalue weighted by atomic mass is 10.2. The molecule has 2 rings (SSSR count). The summed E-state index contributed by atoms with van der Waals surface area (Å²) >= 11 is 0. The standard InChI is InChI=1S/C13H17F2N3O2/c14-9-1-2-12(11(15)7-9)18-5-3-10(8-18)17-13(20)16-4-6-19/h1-2,7,10,19H,3-6,8H2,(H2,16,17,20)/t10-/m0/s1. The summed E-state index contributed by atoms with van der Waals surface area (Å²) in [6.07, 6.45) is 0.684. The molecule has 0 aromatic heterocycles. The Morgan fingerprint density at radius 1 is 1.45 bits per heavy atom. The lowest BCUT2D eigenvalue weighted by molar-refractivity contribution is 0.231. The summed E-state index contributed by atoms with van der Waals surface area (Å²) in [5, 5.41) is 13.8. The van der Waals surface area contributed by atoms with E-state index >= 15 is 0 Å². The van der Waals surface area contributed by atoms with Gasteiger partial charge in [-0.3, -0.25) is 0 Å². The number of hydrogen-bond donors (Lipinski definition) is 3. The van der Waals surface area contributed by atoms with Crippen LogP contribution >= 0.6 is 0 Å². The maximum atomic E-state index is 13.6. The topological polar surface area (TPSA) is 64.6 Å². The quantitative estimate of drug-likeness (QED) is 0.768. The van der Waals surface area contributed by atoms with E-state index in [0.717, 1.165) is 6.07 Å². The second-order valence-corrected chi connectivity index (χ2v) is 4.65. The minimum absolute atomic E-state index is 0.0989. The van der Waals surface area contributed by atoms with E-state index in [1.54, 1.807) is 4.90 Å². The number of halogens is 2. The normalized spacial score (nSPS) is 18.1. The van der Waals surface area contributed by atoms with E-state index in [2.05, 4.69) is 10.6 Å². The lowest BCUT2D eigenvalue weighted by Crippen LogP contribution is -2.44. The molecule has 20 heavy (non-hydrogen) atoms. The molecule has 1 atom stereocenters. The highest BCUT2D eigenvalue weighted by Crippen LogP contribution is 2.24. The molecule has 0 radical (unpaired) electrons. The van der Waals surface area contributed by atoms with Crippen molar-refractivity contribution in [2.45, 2.75) is 12.5 Å². The Bertz CT molecular complexity index is 485. The summed E-state index contributed by atoms with van der Waals surface area (Å²) in [4.78, 5) is 13.2. The van der Waals surface area contributed by atoms with Gasteiger partial charge < -0.3 is 20.6 Å². The molecular formula is C13H17F2N3O2. The third kappa shape index (κ3) is 3.57. The molecule has 0 aliphatic carbocycles. The zero-order valence-electron chi connectivity index (χ0n) is 10.9. The first-order valence-electron chi connectivity index (χ1n) is 6.45. The van der Waals surface area contributed by atoms with Gasteiger partial charge in [0.1, 0.15) is 11.6 Å². The number of anilines is 1. The predicted molar refractivity (Wildman–Crippen MR) is 70.6 cm³/mol. The van der Waals surface area contributed by atoms with Gasteiger partial charge in [0, 0.05) is 31.7 Å². The highest BCUT2D eigenvalue weighted by atomic mass is 19.1. The molecule has 3 N–H and O–H groups in total. The number of nitrogens with zero attached hydrogens (tertiary/aromatic N) is 1. The van der Waals surface area contributed by atoms with Crippen LogP contribution in [0.25, 0.3) is 0 Å². The molecule has 0 spiro atoms. The van der Waals surface area contributed by atoms with Crippen LogP contribution in [-0.4, -0.2) is 43.4 Å². The fourth-order valence-electron chi connectivity index (χ4n) is 2.24. The van der Waals surface area contributed by atoms with Gasteiger partial charge in [0.2, 0.25) is 0 Å². The van der Waals surface area contributed by atoms with Gasteiger partial charge in [-0.1, -0.05) is 0 Å². The van der Waals surface area contributed by atoms with Crippen molar-refractivity contribution in [2.75, 3.05) is 31.1 Å². The van der Waals surface area contributed by atoms with Crippen molar-refractivity contribution in [3.8, 4) is 0 Å². The average molecular weight is 285 g/mol. The molecule has 0 unspecified atom stereocenters. The molecule has 0 bridgehead atoms. The monoisotopic (exact) mass is 285 g/mol. The van der Waals surface area contributed by atoms with Crippen LogP contribution in [0.1, 0.15) is 6.42 Å². The fourth-order valence-corrected chi connectivity index (χ4v) is 2.24. The second kappa shape index (κ2) is 6.51. The van der Waals surface area contributed by atoms with Crippen molar-refractivity contribution in [3.05, 3.63) is 29.8 Å². The van der Waals surface area contributed by atoms with Gasteiger partial charge in [0.25, 0.3) is 0 Å². The van der Waals surface area contributed by atoms with Crippen molar-refractivity contribution in [2.24, 2.45) is 0 Å². The molecule has 1 aliphatic heterocycles. The largest absolute Gasteiger partial charge is 0.395 e. The van der Waals surface area contributed by atoms with E-state index < -0.39 is 11.6 Å². The first kappa shape index (κ1) is 14.5. The average Bonchev–Trinajstić information content (AvgIpc) is 2.84. The Labute approximate surface area is 115 Å². The van der Waals surface area contributed by atoms with E-state index in [1.807, 2.05) is 0 Å². The smallest absolute Gasteiger partial charge is 0.315 e. The van der Waals surface area contributed by atoms with Gasteiger partial charge in [-0.05, 0) is 18.6 Å². The Kier molecular flexibility index (Phi) is 4.73. The summed E-state index contributed by atoms with van der Waals surface area (Å²) in [6, 6.07) is 3.01. The van der Waals surface area contributed by atoms with Crippen LogP contribution in [0.3, 0.4) is 0 Å². The molecule has 0 saturated carbocycles. The summed E-state index contributed by atoms with van der Waals surface area (Å²) in [6.45, 7) is 1.13. The lowest BCUT2D eigenvalue weighted by Gasteiger charge is -2.19. The minimum Gasteiger partial charge on any atom is -0.395 e. The number of rotatable bonds is 4. The van der Waals surface area contributed by atoms with Gasteiger partial charge in [0.15, 0.2) is 0 Å². The molecule has 1 aromatic carbocycles. The zero-order valence-corrected chi connectivity index (χ0v) is 10.9. The number of aliphatic hydroxyl groups is 1. The summed E-state index contributed by atoms with van der Waals surface area (Å²) < 4.78 is 26.5. The first-order chi connectivity index (χ1) is 9.60. The Morgan fingerprint density at radius 2 is 2.25 bits per heavy atom. The van der Waals surface area contributed by atoms with Crippen molar-refractivity contribution >= 4 is 11.7 Å². The molecule has 1 fully saturated rings. The maximum Gasteiger partial charge on any atom is 0.315 e. The number of carbonyl (C=O) groups is 1. The second-order valence-electron chi connectivity index (χ2n) is 4.65. The number of nitrogens with one attached hydrogen (secondary N) is 2. The molecule has 7 heteroatoms. The van der Waals surface area contributed by atoms with Crippen LogP contribution in [0.5, 0.6) is 0 Å². The third-order valence-corrected chi connectivity index (χ3v) is 3.17. The molecule has 1 heterocycles. The zero-order chi connectivity index (χ0) is 14.5. The fraction of sp³-hybridized carbons (Fsp3) is 0.462. The first-order valence-corrected chi connectivity index (χ1v) is 6.45. The van der Waals surface area contributed by atoms with Crippen LogP contribution in [0.15, 0.2) is 18.2 Å². The summed E-state index contributed by atoms with van der Waals surface area (Å²) in [5.74, 6) is -1.21. The van der Waals surface area contributed by atoms with E-state index in [0.29, 0.717) is 25.2 Å². The molecule has 2 amide bonds. The van der Waals surface area contributed by atoms with Gasteiger partial charge in [-0.15, -0.1) is 0 Å². The third-order valence-electron chi connectivity index (χ3n) is 3.17. The molecule has 110 valence electrons. The Hall–Kier alpha value is -1.89. The van der Waals surface area contributed by atoms with E-state index in [4.69, 9.17) is 5.11 Å². The van der Waals surface area contributed by atoms with Crippen LogP contribution < -0.4 is 15.5 Å². The van der Waals surface area contributed by atoms with E-state index in [-0.39, 0.29) is 25.2 Å². The number of carbonyl (C=O) groups excluding carboxylic acids is 1. The number of urea groups is 1. The van der Waals surface area contributed by atoms with Crippen molar-refractivity contribution in [1.82, 2.24) is 10.6 Å². The van der Waals surface area contributed by atoms with E-state index in [1.165, 1.54) is 12.1 Å². The molecule has 1 aliphatic rings. The van der Waals surface area contributed by atoms with Gasteiger partial charge in [-0.25, -0.2) is 13.6 Å². The van der Waals surface area contributed by atoms with Crippen LogP contribution in [0.2, 0.25) is 0 Å². The Morgan fingerprint density at radius 3 is 2.95 bits per heavy atom. The highest BCUT2D eigenvalue weighted by Gasteiger charge is 2.25. The van der Waals surface area contributed by atoms with Gasteiger partial charge in [0.05, 0.1) is 12.3 Å². The Balaban J connectivity index is 1.90. The summed E-state index contributed by atoms with van der Waals surface area (Å²) in [5.41, 5.74) is 0.339. The number of hydrogen-bond acceptors (Lipinski definition) is 3. The summed E-state index contributed by atoms with van der Waals surface area (Å²) in [7, 11) is 0. The molecule has 1 aromatic rings. The number of amides is 2. The van der Waals surface area contributed by atoms with Crippen molar-refractivity contribution in [3.63, 3.8) is 0 Å². The van der Waals surface area contributed by atoms with Crippen LogP contribution in [0, 0.1) is 11.6 Å². The van der Waals surface area contributed by atoms with Gasteiger partial charge >= 0.3 is 6.03 Å². The predicted octanol–water partition coefficient (Wildman–Crippen LogP) is 0.835. The molecule has 5 nitrogen and oxygen atoms in total. The maximum absolute atomic E-state index is 13.6. The molecular weight excluding hydrogens is 268 g/mol. The van der Waals surface area contributed by atoms with Crippen molar-refractivity contribution < 1.29 is 18.7 Å². The number of benzene rings is 1. The van der Waals surface area contributed by atoms with Crippen LogP contribution in [0.4, 0.5) is 19.3 Å².